The van der Waals surface area contributed by atoms with Crippen LogP contribution in [0.3, 0.4) is 0 Å². The van der Waals surface area contributed by atoms with E-state index < -0.39 is 16.8 Å². The van der Waals surface area contributed by atoms with Crippen molar-refractivity contribution in [3.05, 3.63) is 87.4 Å². The molecule has 2 aromatic heterocycles. The number of methoxy groups -OCH3 is 1. The first kappa shape index (κ1) is 19.4. The zero-order valence-electron chi connectivity index (χ0n) is 16.8. The minimum absolute atomic E-state index is 0.00360. The molecular formula is C25H16O7. The van der Waals surface area contributed by atoms with Crippen molar-refractivity contribution in [3.63, 3.8) is 0 Å². The lowest BCUT2D eigenvalue weighted by Gasteiger charge is -2.14. The molecule has 0 unspecified atom stereocenters. The van der Waals surface area contributed by atoms with Crippen LogP contribution in [0.1, 0.15) is 0 Å². The summed E-state index contributed by atoms with van der Waals surface area (Å²) in [6.45, 7) is 0. The van der Waals surface area contributed by atoms with E-state index in [9.17, 15) is 19.8 Å². The third-order valence-corrected chi connectivity index (χ3v) is 5.23. The first-order chi connectivity index (χ1) is 15.5. The molecule has 0 amide bonds. The van der Waals surface area contributed by atoms with Crippen molar-refractivity contribution < 1.29 is 23.8 Å². The zero-order chi connectivity index (χ0) is 22.4. The Morgan fingerprint density at radius 2 is 1.62 bits per heavy atom. The molecule has 0 aliphatic rings. The number of rotatable bonds is 3. The van der Waals surface area contributed by atoms with Crippen LogP contribution in [0.5, 0.6) is 17.2 Å². The second kappa shape index (κ2) is 7.31. The summed E-state index contributed by atoms with van der Waals surface area (Å²) in [6.07, 6.45) is 0. The molecule has 2 heterocycles. The average molecular weight is 428 g/mol. The van der Waals surface area contributed by atoms with E-state index in [0.717, 1.165) is 6.07 Å². The first-order valence-electron chi connectivity index (χ1n) is 9.67. The summed E-state index contributed by atoms with van der Waals surface area (Å²) >= 11 is 0. The third kappa shape index (κ3) is 3.07. The Hall–Kier alpha value is -4.52. The smallest absolute Gasteiger partial charge is 0.336 e. The van der Waals surface area contributed by atoms with E-state index >= 15 is 0 Å². The number of benzene rings is 3. The van der Waals surface area contributed by atoms with Gasteiger partial charge in [0.25, 0.3) is 0 Å². The van der Waals surface area contributed by atoms with Crippen molar-refractivity contribution in [2.45, 2.75) is 0 Å². The summed E-state index contributed by atoms with van der Waals surface area (Å²) in [5.74, 6) is -0.152. The summed E-state index contributed by atoms with van der Waals surface area (Å²) in [7, 11) is 1.43. The highest BCUT2D eigenvalue weighted by Gasteiger charge is 2.22. The van der Waals surface area contributed by atoms with E-state index in [4.69, 9.17) is 13.6 Å². The predicted octanol–water partition coefficient (Wildman–Crippen LogP) is 4.65. The van der Waals surface area contributed by atoms with E-state index in [0.29, 0.717) is 22.1 Å². The van der Waals surface area contributed by atoms with Crippen LogP contribution in [0.4, 0.5) is 0 Å². The monoisotopic (exact) mass is 428 g/mol. The van der Waals surface area contributed by atoms with Gasteiger partial charge in [0.15, 0.2) is 11.0 Å². The topological polar surface area (TPSA) is 110 Å². The molecule has 2 N–H and O–H groups in total. The summed E-state index contributed by atoms with van der Waals surface area (Å²) in [6, 6.07) is 17.4. The second-order valence-electron chi connectivity index (χ2n) is 7.18. The van der Waals surface area contributed by atoms with Gasteiger partial charge in [-0.15, -0.1) is 0 Å². The lowest BCUT2D eigenvalue weighted by molar-refractivity contribution is 0.414. The molecule has 0 bridgehead atoms. The van der Waals surface area contributed by atoms with E-state index in [-0.39, 0.29) is 33.8 Å². The number of phenols is 2. The van der Waals surface area contributed by atoms with Crippen molar-refractivity contribution in [2.75, 3.05) is 7.11 Å². The molecule has 3 aromatic carbocycles. The number of phenolic OH excluding ortho intramolecular Hbond substituents is 2. The fourth-order valence-electron chi connectivity index (χ4n) is 3.77. The molecule has 7 heteroatoms. The van der Waals surface area contributed by atoms with Gasteiger partial charge >= 0.3 is 5.63 Å². The van der Waals surface area contributed by atoms with Crippen LogP contribution in [0.2, 0.25) is 0 Å². The van der Waals surface area contributed by atoms with Crippen LogP contribution in [0.25, 0.3) is 44.4 Å². The van der Waals surface area contributed by atoms with Crippen molar-refractivity contribution in [3.8, 4) is 39.7 Å². The zero-order valence-corrected chi connectivity index (χ0v) is 16.8. The lowest BCUT2D eigenvalue weighted by atomic mass is 9.98. The van der Waals surface area contributed by atoms with E-state index in [1.807, 2.05) is 6.07 Å². The summed E-state index contributed by atoms with van der Waals surface area (Å²) < 4.78 is 16.7. The molecule has 0 aliphatic heterocycles. The van der Waals surface area contributed by atoms with Gasteiger partial charge < -0.3 is 23.8 Å². The Morgan fingerprint density at radius 3 is 2.38 bits per heavy atom. The van der Waals surface area contributed by atoms with Gasteiger partial charge in [-0.05, 0) is 12.1 Å². The number of hydrogen-bond acceptors (Lipinski definition) is 7. The molecule has 32 heavy (non-hydrogen) atoms. The third-order valence-electron chi connectivity index (χ3n) is 5.23. The van der Waals surface area contributed by atoms with Crippen molar-refractivity contribution in [2.24, 2.45) is 0 Å². The van der Waals surface area contributed by atoms with Crippen LogP contribution >= 0.6 is 0 Å². The fraction of sp³-hybridized carbons (Fsp3) is 0.0400. The number of ether oxygens (including phenoxy) is 1. The molecule has 0 spiro atoms. The van der Waals surface area contributed by atoms with Gasteiger partial charge in [0, 0.05) is 40.8 Å². The van der Waals surface area contributed by atoms with Gasteiger partial charge in [0.05, 0.1) is 12.7 Å². The molecule has 5 aromatic rings. The number of fused-ring (bicyclic) bond motifs is 2. The minimum Gasteiger partial charge on any atom is -0.507 e. The second-order valence-corrected chi connectivity index (χ2v) is 7.18. The Kier molecular flexibility index (Phi) is 4.44. The minimum atomic E-state index is -0.510. The Labute approximate surface area is 180 Å². The van der Waals surface area contributed by atoms with Gasteiger partial charge in [0.2, 0.25) is 0 Å². The highest BCUT2D eigenvalue weighted by Crippen LogP contribution is 2.45. The molecule has 0 fully saturated rings. The van der Waals surface area contributed by atoms with E-state index in [1.165, 1.54) is 25.3 Å². The van der Waals surface area contributed by atoms with Crippen LogP contribution in [-0.2, 0) is 0 Å². The van der Waals surface area contributed by atoms with E-state index in [1.54, 1.807) is 36.4 Å². The predicted molar refractivity (Wildman–Crippen MR) is 119 cm³/mol. The fourth-order valence-corrected chi connectivity index (χ4v) is 3.77. The normalized spacial score (nSPS) is 11.2. The molecule has 5 rings (SSSR count). The molecule has 0 saturated carbocycles. The quantitative estimate of drug-likeness (QED) is 0.402. The molecular weight excluding hydrogens is 412 g/mol. The summed E-state index contributed by atoms with van der Waals surface area (Å²) in [4.78, 5) is 24.5. The molecule has 0 aliphatic carbocycles. The van der Waals surface area contributed by atoms with Crippen LogP contribution in [0, 0.1) is 0 Å². The van der Waals surface area contributed by atoms with Crippen molar-refractivity contribution in [1.29, 1.82) is 0 Å². The summed E-state index contributed by atoms with van der Waals surface area (Å²) in [5.41, 5.74) is 0.546. The SMILES string of the molecule is COc1cc2oc(=O)ccc2cc1-c1c(O)cc(O)c2c(=O)cc(-c3ccccc3)oc12. The standard InChI is InChI=1S/C25H16O7/c1-30-21-12-20-14(7-8-22(29)31-20)9-15(21)23-16(26)10-17(27)24-18(28)11-19(32-25(23)24)13-5-3-2-4-6-13/h2-12,26-27H,1H3. The molecule has 0 saturated heterocycles. The molecule has 7 nitrogen and oxygen atoms in total. The number of hydrogen-bond donors (Lipinski definition) is 2. The largest absolute Gasteiger partial charge is 0.507 e. The maximum absolute atomic E-state index is 12.9. The van der Waals surface area contributed by atoms with Gasteiger partial charge in [-0.3, -0.25) is 4.79 Å². The molecule has 0 atom stereocenters. The van der Waals surface area contributed by atoms with Gasteiger partial charge in [-0.25, -0.2) is 4.79 Å². The van der Waals surface area contributed by atoms with Crippen molar-refractivity contribution >= 4 is 21.9 Å². The molecule has 158 valence electrons. The maximum atomic E-state index is 12.9. The van der Waals surface area contributed by atoms with Crippen LogP contribution < -0.4 is 15.8 Å². The number of aromatic hydroxyl groups is 2. The Bertz CT molecular complexity index is 1610. The highest BCUT2D eigenvalue weighted by atomic mass is 16.5. The summed E-state index contributed by atoms with van der Waals surface area (Å²) in [5, 5.41) is 21.7. The van der Waals surface area contributed by atoms with Crippen LogP contribution in [-0.4, -0.2) is 17.3 Å². The van der Waals surface area contributed by atoms with Gasteiger partial charge in [-0.2, -0.15) is 0 Å². The van der Waals surface area contributed by atoms with Gasteiger partial charge in [0.1, 0.15) is 34.0 Å². The van der Waals surface area contributed by atoms with Gasteiger partial charge in [-0.1, -0.05) is 30.3 Å². The van der Waals surface area contributed by atoms with E-state index in [2.05, 4.69) is 0 Å². The maximum Gasteiger partial charge on any atom is 0.336 e. The average Bonchev–Trinajstić information content (AvgIpc) is 2.78. The Balaban J connectivity index is 1.90. The van der Waals surface area contributed by atoms with Crippen LogP contribution in [0.15, 0.2) is 85.2 Å². The Morgan fingerprint density at radius 1 is 0.844 bits per heavy atom. The van der Waals surface area contributed by atoms with Crippen molar-refractivity contribution in [1.82, 2.24) is 0 Å². The highest BCUT2D eigenvalue weighted by molar-refractivity contribution is 6.02. The molecule has 0 radical (unpaired) electrons. The first-order valence-corrected chi connectivity index (χ1v) is 9.67. The lowest BCUT2D eigenvalue weighted by Crippen LogP contribution is -2.02.